The van der Waals surface area contributed by atoms with Gasteiger partial charge in [-0.05, 0) is 26.0 Å². The molecule has 0 bridgehead atoms. The molecule has 0 aromatic heterocycles. The van der Waals surface area contributed by atoms with Gasteiger partial charge >= 0.3 is 5.97 Å². The van der Waals surface area contributed by atoms with Crippen LogP contribution in [0.4, 0.5) is 0 Å². The van der Waals surface area contributed by atoms with Crippen LogP contribution in [0.5, 0.6) is 5.75 Å². The number of rotatable bonds is 6. The molecule has 1 unspecified atom stereocenters. The first-order valence-corrected chi connectivity index (χ1v) is 7.32. The van der Waals surface area contributed by atoms with Crippen LogP contribution in [0.1, 0.15) is 12.5 Å². The highest BCUT2D eigenvalue weighted by molar-refractivity contribution is 5.71. The van der Waals surface area contributed by atoms with E-state index < -0.39 is 0 Å². The summed E-state index contributed by atoms with van der Waals surface area (Å²) in [7, 11) is 0. The largest absolute Gasteiger partial charge is 1.00 e. The number of benzene rings is 1. The van der Waals surface area contributed by atoms with Crippen molar-refractivity contribution in [2.24, 2.45) is 0 Å². The van der Waals surface area contributed by atoms with Gasteiger partial charge in [-0.15, -0.1) is 0 Å². The van der Waals surface area contributed by atoms with Gasteiger partial charge in [0, 0.05) is 19.6 Å². The molecular weight excluding hydrogens is 306 g/mol. The van der Waals surface area contributed by atoms with Gasteiger partial charge in [-0.3, -0.25) is 4.90 Å². The molecule has 1 aromatic carbocycles. The van der Waals surface area contributed by atoms with Gasteiger partial charge in [0.2, 0.25) is 0 Å². The van der Waals surface area contributed by atoms with Crippen LogP contribution in [-0.4, -0.2) is 56.4 Å². The van der Waals surface area contributed by atoms with E-state index in [1.807, 2.05) is 38.1 Å². The Kier molecular flexibility index (Phi) is 8.24. The summed E-state index contributed by atoms with van der Waals surface area (Å²) in [5.74, 6) is 0.342. The molecule has 5 nitrogen and oxygen atoms in total. The normalized spacial score (nSPS) is 16.5. The maximum absolute atomic E-state index is 11.7. The molecule has 2 rings (SSSR count). The Balaban J connectivity index is 0.00000242. The first-order chi connectivity index (χ1) is 10.1. The minimum absolute atomic E-state index is 0. The minimum Gasteiger partial charge on any atom is -1.00 e. The SMILES string of the molecule is Cc1ccc(OCC(=O)OC(C)CN2CCOCC2)cc1.[Cl-]. The van der Waals surface area contributed by atoms with E-state index in [-0.39, 0.29) is 31.1 Å². The average Bonchev–Trinajstić information content (AvgIpc) is 2.47. The van der Waals surface area contributed by atoms with Gasteiger partial charge in [0.25, 0.3) is 0 Å². The van der Waals surface area contributed by atoms with E-state index in [0.29, 0.717) is 5.75 Å². The minimum atomic E-state index is -0.337. The lowest BCUT2D eigenvalue weighted by Crippen LogP contribution is -3.00. The van der Waals surface area contributed by atoms with Gasteiger partial charge in [-0.2, -0.15) is 0 Å². The van der Waals surface area contributed by atoms with Crippen molar-refractivity contribution in [2.75, 3.05) is 39.5 Å². The smallest absolute Gasteiger partial charge is 0.344 e. The first-order valence-electron chi connectivity index (χ1n) is 7.32. The topological polar surface area (TPSA) is 48.0 Å². The van der Waals surface area contributed by atoms with Crippen molar-refractivity contribution in [3.8, 4) is 5.75 Å². The molecule has 1 atom stereocenters. The van der Waals surface area contributed by atoms with Crippen LogP contribution in [0, 0.1) is 6.92 Å². The van der Waals surface area contributed by atoms with Gasteiger partial charge in [-0.1, -0.05) is 17.7 Å². The lowest BCUT2D eigenvalue weighted by Gasteiger charge is -2.28. The van der Waals surface area contributed by atoms with Gasteiger partial charge < -0.3 is 26.6 Å². The third-order valence-corrected chi connectivity index (χ3v) is 3.33. The van der Waals surface area contributed by atoms with Crippen molar-refractivity contribution in [3.63, 3.8) is 0 Å². The second kappa shape index (κ2) is 9.66. The average molecular weight is 329 g/mol. The second-order valence-electron chi connectivity index (χ2n) is 5.32. The third kappa shape index (κ3) is 6.64. The number of ether oxygens (including phenoxy) is 3. The van der Waals surface area contributed by atoms with E-state index in [1.54, 1.807) is 0 Å². The zero-order valence-electron chi connectivity index (χ0n) is 13.1. The molecule has 0 radical (unpaired) electrons. The summed E-state index contributed by atoms with van der Waals surface area (Å²) >= 11 is 0. The van der Waals surface area contributed by atoms with E-state index in [2.05, 4.69) is 4.90 Å². The third-order valence-electron chi connectivity index (χ3n) is 3.33. The number of aryl methyl sites for hydroxylation is 1. The number of morpholine rings is 1. The summed E-state index contributed by atoms with van der Waals surface area (Å²) < 4.78 is 16.0. The van der Waals surface area contributed by atoms with Crippen molar-refractivity contribution in [1.29, 1.82) is 0 Å². The molecule has 1 heterocycles. The van der Waals surface area contributed by atoms with Crippen LogP contribution >= 0.6 is 0 Å². The van der Waals surface area contributed by atoms with Crippen molar-refractivity contribution in [3.05, 3.63) is 29.8 Å². The van der Waals surface area contributed by atoms with E-state index in [4.69, 9.17) is 14.2 Å². The van der Waals surface area contributed by atoms with E-state index in [1.165, 1.54) is 0 Å². The van der Waals surface area contributed by atoms with Crippen molar-refractivity contribution >= 4 is 5.97 Å². The number of nitrogens with zero attached hydrogens (tertiary/aromatic N) is 1. The van der Waals surface area contributed by atoms with Crippen molar-refractivity contribution < 1.29 is 31.4 Å². The predicted octanol–water partition coefficient (Wildman–Crippen LogP) is -1.36. The summed E-state index contributed by atoms with van der Waals surface area (Å²) in [6.07, 6.45) is -0.141. The maximum atomic E-state index is 11.7. The first kappa shape index (κ1) is 18.7. The van der Waals surface area contributed by atoms with Crippen LogP contribution in [0.2, 0.25) is 0 Å². The summed E-state index contributed by atoms with van der Waals surface area (Å²) in [6.45, 7) is 7.86. The van der Waals surface area contributed by atoms with Crippen LogP contribution in [0.15, 0.2) is 24.3 Å². The number of carbonyl (C=O) groups excluding carboxylic acids is 1. The van der Waals surface area contributed by atoms with E-state index >= 15 is 0 Å². The number of esters is 1. The molecule has 1 aliphatic rings. The molecule has 0 aliphatic carbocycles. The zero-order valence-corrected chi connectivity index (χ0v) is 13.8. The fourth-order valence-corrected chi connectivity index (χ4v) is 2.22. The van der Waals surface area contributed by atoms with Gasteiger partial charge in [0.05, 0.1) is 13.2 Å². The Morgan fingerprint density at radius 1 is 1.27 bits per heavy atom. The summed E-state index contributed by atoms with van der Waals surface area (Å²) in [6, 6.07) is 7.59. The Morgan fingerprint density at radius 2 is 1.91 bits per heavy atom. The lowest BCUT2D eigenvalue weighted by molar-refractivity contribution is -0.151. The number of carbonyl (C=O) groups is 1. The number of halogens is 1. The molecule has 22 heavy (non-hydrogen) atoms. The molecule has 6 heteroatoms. The molecule has 1 saturated heterocycles. The van der Waals surface area contributed by atoms with Crippen LogP contribution < -0.4 is 17.1 Å². The predicted molar refractivity (Wildman–Crippen MR) is 79.5 cm³/mol. The Hall–Kier alpha value is -1.30. The second-order valence-corrected chi connectivity index (χ2v) is 5.32. The molecule has 1 fully saturated rings. The molecular formula is C16H23ClNO4-. The Bertz CT molecular complexity index is 446. The highest BCUT2D eigenvalue weighted by atomic mass is 35.5. The lowest BCUT2D eigenvalue weighted by atomic mass is 10.2. The van der Waals surface area contributed by atoms with Crippen LogP contribution in [0.25, 0.3) is 0 Å². The van der Waals surface area contributed by atoms with Crippen molar-refractivity contribution in [1.82, 2.24) is 4.90 Å². The molecule has 0 amide bonds. The zero-order chi connectivity index (χ0) is 15.1. The summed E-state index contributed by atoms with van der Waals surface area (Å²) in [4.78, 5) is 14.0. The van der Waals surface area contributed by atoms with Crippen LogP contribution in [0.3, 0.4) is 0 Å². The highest BCUT2D eigenvalue weighted by Crippen LogP contribution is 2.11. The fourth-order valence-electron chi connectivity index (χ4n) is 2.22. The van der Waals surface area contributed by atoms with E-state index in [9.17, 15) is 4.79 Å². The molecule has 0 N–H and O–H groups in total. The standard InChI is InChI=1S/C16H23NO4.ClH/c1-13-3-5-15(6-4-13)20-12-16(18)21-14(2)11-17-7-9-19-10-8-17;/h3-6,14H,7-12H2,1-2H3;1H/p-1. The Morgan fingerprint density at radius 3 is 2.55 bits per heavy atom. The Labute approximate surface area is 137 Å². The van der Waals surface area contributed by atoms with E-state index in [0.717, 1.165) is 38.4 Å². The van der Waals surface area contributed by atoms with Crippen molar-refractivity contribution in [2.45, 2.75) is 20.0 Å². The monoisotopic (exact) mass is 328 g/mol. The molecule has 0 saturated carbocycles. The van der Waals surface area contributed by atoms with Gasteiger partial charge in [0.1, 0.15) is 11.9 Å². The summed E-state index contributed by atoms with van der Waals surface area (Å²) in [5, 5.41) is 0. The fraction of sp³-hybridized carbons (Fsp3) is 0.562. The quantitative estimate of drug-likeness (QED) is 0.604. The molecule has 124 valence electrons. The molecule has 1 aliphatic heterocycles. The highest BCUT2D eigenvalue weighted by Gasteiger charge is 2.16. The maximum Gasteiger partial charge on any atom is 0.344 e. The molecule has 1 aromatic rings. The summed E-state index contributed by atoms with van der Waals surface area (Å²) in [5.41, 5.74) is 1.16. The number of hydrogen-bond acceptors (Lipinski definition) is 5. The number of hydrogen-bond donors (Lipinski definition) is 0. The van der Waals surface area contributed by atoms with Gasteiger partial charge in [0.15, 0.2) is 6.61 Å². The van der Waals surface area contributed by atoms with Gasteiger partial charge in [-0.25, -0.2) is 4.79 Å². The molecule has 0 spiro atoms. The van der Waals surface area contributed by atoms with Crippen LogP contribution in [-0.2, 0) is 14.3 Å².